The van der Waals surface area contributed by atoms with E-state index in [2.05, 4.69) is 0 Å². The lowest BCUT2D eigenvalue weighted by Crippen LogP contribution is -2.45. The number of carboxylic acid groups (broad SMARTS) is 1. The molecule has 6 heteroatoms. The van der Waals surface area contributed by atoms with Crippen LogP contribution in [0.2, 0.25) is 0 Å². The predicted octanol–water partition coefficient (Wildman–Crippen LogP) is 0.0671. The number of carboxylic acids is 1. The van der Waals surface area contributed by atoms with E-state index >= 15 is 0 Å². The lowest BCUT2D eigenvalue weighted by atomic mass is 9.91. The fourth-order valence-electron chi connectivity index (χ4n) is 2.10. The molecule has 0 aromatic carbocycles. The SMILES string of the molecule is CC(C(=O)O)C(C)C(=O)N1CCC(C(N)=O)CC1. The highest BCUT2D eigenvalue weighted by Crippen LogP contribution is 2.21. The quantitative estimate of drug-likeness (QED) is 0.743. The Morgan fingerprint density at radius 2 is 1.67 bits per heavy atom. The standard InChI is InChI=1S/C12H20N2O4/c1-7(8(2)12(17)18)11(16)14-5-3-9(4-6-14)10(13)15/h7-9H,3-6H2,1-2H3,(H2,13,15)(H,17,18). The van der Waals surface area contributed by atoms with Crippen molar-refractivity contribution in [3.63, 3.8) is 0 Å². The molecule has 102 valence electrons. The molecule has 1 rings (SSSR count). The van der Waals surface area contributed by atoms with Gasteiger partial charge in [0.1, 0.15) is 0 Å². The summed E-state index contributed by atoms with van der Waals surface area (Å²) < 4.78 is 0. The van der Waals surface area contributed by atoms with Gasteiger partial charge in [0.15, 0.2) is 0 Å². The monoisotopic (exact) mass is 256 g/mol. The summed E-state index contributed by atoms with van der Waals surface area (Å²) >= 11 is 0. The molecule has 18 heavy (non-hydrogen) atoms. The average molecular weight is 256 g/mol. The largest absolute Gasteiger partial charge is 0.481 e. The number of primary amides is 1. The number of hydrogen-bond donors (Lipinski definition) is 2. The highest BCUT2D eigenvalue weighted by molar-refractivity contribution is 5.84. The summed E-state index contributed by atoms with van der Waals surface area (Å²) in [5, 5.41) is 8.88. The smallest absolute Gasteiger partial charge is 0.307 e. The van der Waals surface area contributed by atoms with Crippen LogP contribution in [0.5, 0.6) is 0 Å². The second-order valence-corrected chi connectivity index (χ2v) is 4.92. The number of nitrogens with two attached hydrogens (primary N) is 1. The van der Waals surface area contributed by atoms with Crippen LogP contribution in [0.25, 0.3) is 0 Å². The van der Waals surface area contributed by atoms with Crippen LogP contribution >= 0.6 is 0 Å². The minimum Gasteiger partial charge on any atom is -0.481 e. The number of carbonyl (C=O) groups excluding carboxylic acids is 2. The maximum atomic E-state index is 12.1. The van der Waals surface area contributed by atoms with Gasteiger partial charge in [0.2, 0.25) is 11.8 Å². The molecule has 1 fully saturated rings. The zero-order valence-corrected chi connectivity index (χ0v) is 10.8. The zero-order chi connectivity index (χ0) is 13.9. The normalized spacial score (nSPS) is 20.2. The Morgan fingerprint density at radius 3 is 2.06 bits per heavy atom. The average Bonchev–Trinajstić information content (AvgIpc) is 2.36. The molecule has 6 nitrogen and oxygen atoms in total. The van der Waals surface area contributed by atoms with Gasteiger partial charge in [-0.05, 0) is 12.8 Å². The maximum Gasteiger partial charge on any atom is 0.307 e. The zero-order valence-electron chi connectivity index (χ0n) is 10.8. The van der Waals surface area contributed by atoms with Crippen molar-refractivity contribution in [3.05, 3.63) is 0 Å². The molecule has 1 heterocycles. The second-order valence-electron chi connectivity index (χ2n) is 4.92. The van der Waals surface area contributed by atoms with E-state index in [0.29, 0.717) is 25.9 Å². The second kappa shape index (κ2) is 5.84. The van der Waals surface area contributed by atoms with E-state index < -0.39 is 17.8 Å². The van der Waals surface area contributed by atoms with Gasteiger partial charge in [-0.25, -0.2) is 0 Å². The Labute approximate surface area is 106 Å². The molecule has 1 saturated heterocycles. The molecule has 2 unspecified atom stereocenters. The molecular weight excluding hydrogens is 236 g/mol. The van der Waals surface area contributed by atoms with Gasteiger partial charge in [-0.15, -0.1) is 0 Å². The van der Waals surface area contributed by atoms with Crippen molar-refractivity contribution in [2.75, 3.05) is 13.1 Å². The van der Waals surface area contributed by atoms with Gasteiger partial charge < -0.3 is 15.7 Å². The van der Waals surface area contributed by atoms with Crippen LogP contribution in [0, 0.1) is 17.8 Å². The van der Waals surface area contributed by atoms with Crippen LogP contribution < -0.4 is 5.73 Å². The third kappa shape index (κ3) is 3.21. The van der Waals surface area contributed by atoms with Crippen LogP contribution in [0.15, 0.2) is 0 Å². The van der Waals surface area contributed by atoms with E-state index in [1.807, 2.05) is 0 Å². The van der Waals surface area contributed by atoms with Crippen LogP contribution in [0.3, 0.4) is 0 Å². The summed E-state index contributed by atoms with van der Waals surface area (Å²) in [5.41, 5.74) is 5.22. The van der Waals surface area contributed by atoms with Crippen molar-refractivity contribution in [1.82, 2.24) is 4.90 Å². The van der Waals surface area contributed by atoms with Gasteiger partial charge in [-0.3, -0.25) is 14.4 Å². The summed E-state index contributed by atoms with van der Waals surface area (Å²) in [5.74, 6) is -2.87. The Balaban J connectivity index is 2.54. The summed E-state index contributed by atoms with van der Waals surface area (Å²) in [6, 6.07) is 0. The molecule has 0 radical (unpaired) electrons. The molecule has 0 bridgehead atoms. The Morgan fingerprint density at radius 1 is 1.17 bits per heavy atom. The van der Waals surface area contributed by atoms with E-state index in [1.165, 1.54) is 6.92 Å². The van der Waals surface area contributed by atoms with Crippen LogP contribution in [-0.2, 0) is 14.4 Å². The Bertz CT molecular complexity index is 348. The van der Waals surface area contributed by atoms with Crippen LogP contribution in [0.1, 0.15) is 26.7 Å². The maximum absolute atomic E-state index is 12.1. The predicted molar refractivity (Wildman–Crippen MR) is 64.5 cm³/mol. The van der Waals surface area contributed by atoms with Gasteiger partial charge >= 0.3 is 5.97 Å². The highest BCUT2D eigenvalue weighted by atomic mass is 16.4. The molecule has 0 spiro atoms. The van der Waals surface area contributed by atoms with Crippen molar-refractivity contribution in [2.45, 2.75) is 26.7 Å². The third-order valence-corrected chi connectivity index (χ3v) is 3.74. The van der Waals surface area contributed by atoms with Gasteiger partial charge in [0, 0.05) is 24.9 Å². The third-order valence-electron chi connectivity index (χ3n) is 3.74. The molecular formula is C12H20N2O4. The van der Waals surface area contributed by atoms with Crippen molar-refractivity contribution >= 4 is 17.8 Å². The first-order valence-electron chi connectivity index (χ1n) is 6.15. The number of hydrogen-bond acceptors (Lipinski definition) is 3. The van der Waals surface area contributed by atoms with Gasteiger partial charge in [-0.1, -0.05) is 13.8 Å². The Hall–Kier alpha value is -1.59. The molecule has 3 N–H and O–H groups in total. The van der Waals surface area contributed by atoms with E-state index in [1.54, 1.807) is 11.8 Å². The van der Waals surface area contributed by atoms with E-state index in [4.69, 9.17) is 10.8 Å². The summed E-state index contributed by atoms with van der Waals surface area (Å²) in [6.45, 7) is 4.11. The first kappa shape index (κ1) is 14.5. The summed E-state index contributed by atoms with van der Waals surface area (Å²) in [7, 11) is 0. The van der Waals surface area contributed by atoms with Crippen LogP contribution in [-0.4, -0.2) is 40.9 Å². The van der Waals surface area contributed by atoms with Crippen molar-refractivity contribution in [3.8, 4) is 0 Å². The lowest BCUT2D eigenvalue weighted by molar-refractivity contribution is -0.149. The lowest BCUT2D eigenvalue weighted by Gasteiger charge is -2.33. The summed E-state index contributed by atoms with van der Waals surface area (Å²) in [6.07, 6.45) is 1.13. The first-order valence-corrected chi connectivity index (χ1v) is 6.15. The number of nitrogens with zero attached hydrogens (tertiary/aromatic N) is 1. The van der Waals surface area contributed by atoms with Crippen molar-refractivity contribution < 1.29 is 19.5 Å². The van der Waals surface area contributed by atoms with Crippen molar-refractivity contribution in [1.29, 1.82) is 0 Å². The molecule has 0 aromatic heterocycles. The van der Waals surface area contributed by atoms with Gasteiger partial charge in [-0.2, -0.15) is 0 Å². The molecule has 2 atom stereocenters. The number of amides is 2. The van der Waals surface area contributed by atoms with E-state index in [9.17, 15) is 14.4 Å². The molecule has 0 aliphatic carbocycles. The van der Waals surface area contributed by atoms with E-state index in [0.717, 1.165) is 0 Å². The topological polar surface area (TPSA) is 101 Å². The molecule has 2 amide bonds. The number of aliphatic carboxylic acids is 1. The number of carbonyl (C=O) groups is 3. The molecule has 1 aliphatic rings. The highest BCUT2D eigenvalue weighted by Gasteiger charge is 2.32. The number of likely N-dealkylation sites (tertiary alicyclic amines) is 1. The molecule has 1 aliphatic heterocycles. The first-order chi connectivity index (χ1) is 8.34. The molecule has 0 saturated carbocycles. The minimum atomic E-state index is -0.970. The number of rotatable bonds is 4. The molecule has 0 aromatic rings. The minimum absolute atomic E-state index is 0.159. The Kier molecular flexibility index (Phi) is 4.69. The van der Waals surface area contributed by atoms with E-state index in [-0.39, 0.29) is 17.7 Å². The fourth-order valence-corrected chi connectivity index (χ4v) is 2.10. The van der Waals surface area contributed by atoms with Crippen LogP contribution in [0.4, 0.5) is 0 Å². The number of piperidine rings is 1. The van der Waals surface area contributed by atoms with Crippen molar-refractivity contribution in [2.24, 2.45) is 23.5 Å². The van der Waals surface area contributed by atoms with Gasteiger partial charge in [0.25, 0.3) is 0 Å². The van der Waals surface area contributed by atoms with Gasteiger partial charge in [0.05, 0.1) is 5.92 Å². The summed E-state index contributed by atoms with van der Waals surface area (Å²) in [4.78, 5) is 35.5. The fraction of sp³-hybridized carbons (Fsp3) is 0.750.